The largest absolute Gasteiger partial charge is 0.457 e. The molecular formula is C27H23ClN4O4. The molecule has 1 saturated carbocycles. The van der Waals surface area contributed by atoms with E-state index in [2.05, 4.69) is 20.6 Å². The minimum absolute atomic E-state index is 0.199. The molecule has 0 radical (unpaired) electrons. The lowest BCUT2D eigenvalue weighted by Crippen LogP contribution is -2.56. The van der Waals surface area contributed by atoms with Crippen LogP contribution in [-0.2, 0) is 4.79 Å². The highest BCUT2D eigenvalue weighted by atomic mass is 35.5. The van der Waals surface area contributed by atoms with Gasteiger partial charge in [0.25, 0.3) is 0 Å². The van der Waals surface area contributed by atoms with E-state index in [9.17, 15) is 14.7 Å². The summed E-state index contributed by atoms with van der Waals surface area (Å²) in [5.74, 6) is 0.694. The summed E-state index contributed by atoms with van der Waals surface area (Å²) in [5, 5.41) is 17.4. The van der Waals surface area contributed by atoms with E-state index in [1.165, 1.54) is 0 Å². The molecule has 0 saturated heterocycles. The van der Waals surface area contributed by atoms with Gasteiger partial charge in [-0.15, -0.1) is 0 Å². The molecule has 1 fully saturated rings. The molecule has 182 valence electrons. The van der Waals surface area contributed by atoms with Crippen LogP contribution in [0.5, 0.6) is 11.5 Å². The maximum atomic E-state index is 13.7. The number of nitrogens with zero attached hydrogens (tertiary/aromatic N) is 1. The third-order valence-electron chi connectivity index (χ3n) is 6.88. The normalized spacial score (nSPS) is 21.1. The van der Waals surface area contributed by atoms with E-state index in [4.69, 9.17) is 16.3 Å². The molecule has 2 atom stereocenters. The molecule has 6 rings (SSSR count). The van der Waals surface area contributed by atoms with Crippen LogP contribution in [0.4, 0.5) is 11.4 Å². The molecule has 1 amide bonds. The molecule has 4 aromatic rings. The molecule has 9 heteroatoms. The molecule has 2 aliphatic rings. The second kappa shape index (κ2) is 8.65. The topological polar surface area (TPSA) is 116 Å². The Morgan fingerprint density at radius 1 is 1.14 bits per heavy atom. The number of ether oxygens (including phenoxy) is 1. The van der Waals surface area contributed by atoms with Gasteiger partial charge in [0.1, 0.15) is 22.7 Å². The first-order valence-corrected chi connectivity index (χ1v) is 12.2. The zero-order valence-electron chi connectivity index (χ0n) is 19.2. The van der Waals surface area contributed by atoms with Crippen molar-refractivity contribution >= 4 is 45.7 Å². The molecule has 3 heterocycles. The molecule has 1 spiro atoms. The van der Waals surface area contributed by atoms with Crippen LogP contribution in [0.1, 0.15) is 41.6 Å². The van der Waals surface area contributed by atoms with Crippen molar-refractivity contribution in [3.63, 3.8) is 0 Å². The maximum Gasteiger partial charge on any atom is 0.250 e. The zero-order valence-corrected chi connectivity index (χ0v) is 19.9. The van der Waals surface area contributed by atoms with Gasteiger partial charge >= 0.3 is 0 Å². The first-order valence-electron chi connectivity index (χ1n) is 11.8. The van der Waals surface area contributed by atoms with E-state index in [0.29, 0.717) is 64.3 Å². The summed E-state index contributed by atoms with van der Waals surface area (Å²) in [5.41, 5.74) is 1.36. The van der Waals surface area contributed by atoms with Crippen molar-refractivity contribution in [2.45, 2.75) is 37.3 Å². The SMILES string of the molecule is O=C(c1ccc(Oc2ccccc2)cc1Cl)c1c[nH]c2ncc3c(c12)NC1(CCCC(O)C1)C(=O)N3. The maximum absolute atomic E-state index is 13.7. The number of carbonyl (C=O) groups is 2. The number of halogens is 1. The molecule has 0 bridgehead atoms. The summed E-state index contributed by atoms with van der Waals surface area (Å²) < 4.78 is 5.83. The lowest BCUT2D eigenvalue weighted by molar-refractivity contribution is -0.122. The quantitative estimate of drug-likeness (QED) is 0.282. The predicted molar refractivity (Wildman–Crippen MR) is 137 cm³/mol. The van der Waals surface area contributed by atoms with Gasteiger partial charge in [0.2, 0.25) is 5.91 Å². The number of nitrogens with one attached hydrogen (secondary N) is 3. The van der Waals surface area contributed by atoms with Crippen molar-refractivity contribution in [2.75, 3.05) is 10.6 Å². The number of rotatable bonds is 4. The third-order valence-corrected chi connectivity index (χ3v) is 7.19. The minimum Gasteiger partial charge on any atom is -0.457 e. The molecule has 2 aromatic carbocycles. The van der Waals surface area contributed by atoms with E-state index in [1.54, 1.807) is 30.6 Å². The number of aliphatic hydroxyl groups is 1. The summed E-state index contributed by atoms with van der Waals surface area (Å²) in [4.78, 5) is 34.1. The Bertz CT molecular complexity index is 1500. The van der Waals surface area contributed by atoms with Crippen LogP contribution >= 0.6 is 11.6 Å². The number of fused-ring (bicyclic) bond motifs is 3. The van der Waals surface area contributed by atoms with Crippen LogP contribution in [0.2, 0.25) is 5.02 Å². The number of aliphatic hydroxyl groups excluding tert-OH is 1. The highest BCUT2D eigenvalue weighted by Crippen LogP contribution is 2.43. The summed E-state index contributed by atoms with van der Waals surface area (Å²) in [6.45, 7) is 0. The van der Waals surface area contributed by atoms with Gasteiger partial charge in [0.15, 0.2) is 5.78 Å². The van der Waals surface area contributed by atoms with Crippen molar-refractivity contribution in [3.05, 3.63) is 77.1 Å². The molecule has 1 aliphatic heterocycles. The van der Waals surface area contributed by atoms with Gasteiger partial charge in [-0.05, 0) is 43.5 Å². The summed E-state index contributed by atoms with van der Waals surface area (Å²) in [6, 6.07) is 14.3. The summed E-state index contributed by atoms with van der Waals surface area (Å²) in [6.07, 6.45) is 4.85. The van der Waals surface area contributed by atoms with E-state index in [-0.39, 0.29) is 16.7 Å². The number of anilines is 2. The van der Waals surface area contributed by atoms with E-state index >= 15 is 0 Å². The van der Waals surface area contributed by atoms with E-state index in [1.807, 2.05) is 30.3 Å². The van der Waals surface area contributed by atoms with Gasteiger partial charge in [0, 0.05) is 24.2 Å². The van der Waals surface area contributed by atoms with Crippen LogP contribution in [-0.4, -0.2) is 38.4 Å². The van der Waals surface area contributed by atoms with Gasteiger partial charge in [-0.25, -0.2) is 4.98 Å². The Kier molecular flexibility index (Phi) is 5.43. The number of ketones is 1. The standard InChI is InChI=1S/C27H23ClN4O4/c28-20-11-17(36-16-6-2-1-3-7-16)8-9-18(20)24(34)19-13-29-25-22(19)23-21(14-30-25)31-26(35)27(32-23)10-4-5-15(33)12-27/h1-3,6-9,11,13-15,32-33H,4-5,10,12H2,(H,29,30)(H,31,35). The van der Waals surface area contributed by atoms with Crippen LogP contribution in [0.15, 0.2) is 60.9 Å². The molecule has 1 aliphatic carbocycles. The smallest absolute Gasteiger partial charge is 0.250 e. The number of para-hydroxylation sites is 1. The number of aromatic nitrogens is 2. The van der Waals surface area contributed by atoms with E-state index < -0.39 is 11.6 Å². The first-order chi connectivity index (χ1) is 17.4. The molecule has 2 unspecified atom stereocenters. The Morgan fingerprint density at radius 3 is 2.75 bits per heavy atom. The van der Waals surface area contributed by atoms with Crippen LogP contribution in [0, 0.1) is 0 Å². The predicted octanol–water partition coefficient (Wildman–Crippen LogP) is 5.28. The number of aromatic amines is 1. The fourth-order valence-corrected chi connectivity index (χ4v) is 5.37. The minimum atomic E-state index is -0.940. The summed E-state index contributed by atoms with van der Waals surface area (Å²) in [7, 11) is 0. The van der Waals surface area contributed by atoms with Crippen molar-refractivity contribution in [2.24, 2.45) is 0 Å². The monoisotopic (exact) mass is 502 g/mol. The molecule has 8 nitrogen and oxygen atoms in total. The average Bonchev–Trinajstić information content (AvgIpc) is 3.30. The number of pyridine rings is 1. The Morgan fingerprint density at radius 2 is 1.97 bits per heavy atom. The molecule has 2 aromatic heterocycles. The second-order valence-corrected chi connectivity index (χ2v) is 9.68. The first kappa shape index (κ1) is 22.6. The van der Waals surface area contributed by atoms with Crippen molar-refractivity contribution in [1.82, 2.24) is 9.97 Å². The number of hydrogen-bond acceptors (Lipinski definition) is 6. The second-order valence-electron chi connectivity index (χ2n) is 9.27. The van der Waals surface area contributed by atoms with Gasteiger partial charge in [-0.3, -0.25) is 9.59 Å². The lowest BCUT2D eigenvalue weighted by Gasteiger charge is -2.42. The van der Waals surface area contributed by atoms with E-state index in [0.717, 1.165) is 6.42 Å². The van der Waals surface area contributed by atoms with Crippen LogP contribution < -0.4 is 15.4 Å². The number of amides is 1. The third kappa shape index (κ3) is 3.79. The van der Waals surface area contributed by atoms with Crippen molar-refractivity contribution in [1.29, 1.82) is 0 Å². The van der Waals surface area contributed by atoms with Crippen molar-refractivity contribution in [3.8, 4) is 11.5 Å². The highest BCUT2D eigenvalue weighted by molar-refractivity contribution is 6.36. The summed E-state index contributed by atoms with van der Waals surface area (Å²) >= 11 is 6.53. The Labute approximate surface area is 211 Å². The fraction of sp³-hybridized carbons (Fsp3) is 0.222. The van der Waals surface area contributed by atoms with Crippen LogP contribution in [0.25, 0.3) is 11.0 Å². The van der Waals surface area contributed by atoms with Gasteiger partial charge in [-0.2, -0.15) is 0 Å². The average molecular weight is 503 g/mol. The Balaban J connectivity index is 1.37. The highest BCUT2D eigenvalue weighted by Gasteiger charge is 2.46. The number of benzene rings is 2. The number of hydrogen-bond donors (Lipinski definition) is 4. The van der Waals surface area contributed by atoms with Gasteiger partial charge < -0.3 is 25.5 Å². The van der Waals surface area contributed by atoms with Gasteiger partial charge in [-0.1, -0.05) is 29.8 Å². The molecule has 4 N–H and O–H groups in total. The lowest BCUT2D eigenvalue weighted by atomic mass is 9.78. The van der Waals surface area contributed by atoms with Gasteiger partial charge in [0.05, 0.1) is 39.6 Å². The Hall–Kier alpha value is -3.88. The van der Waals surface area contributed by atoms with Crippen molar-refractivity contribution < 1.29 is 19.4 Å². The van der Waals surface area contributed by atoms with Crippen LogP contribution in [0.3, 0.4) is 0 Å². The molecule has 36 heavy (non-hydrogen) atoms. The zero-order chi connectivity index (χ0) is 24.9. The fourth-order valence-electron chi connectivity index (χ4n) is 5.12. The molecular weight excluding hydrogens is 480 g/mol. The number of H-pyrrole nitrogens is 1. The number of carbonyl (C=O) groups excluding carboxylic acids is 2.